The average Bonchev–Trinajstić information content (AvgIpc) is 2.85. The van der Waals surface area contributed by atoms with Crippen LogP contribution in [-0.4, -0.2) is 77.4 Å². The van der Waals surface area contributed by atoms with Crippen LogP contribution in [0.5, 0.6) is 0 Å². The highest BCUT2D eigenvalue weighted by atomic mass is 35.5. The molecule has 2 fully saturated rings. The molecule has 192 valence electrons. The number of rotatable bonds is 3. The molecule has 2 amide bonds. The molecular weight excluding hydrogens is 503 g/mol. The SMILES string of the molecule is O=C(C[C@H]1CC[C@H]2[C@@H](COC[C@@H](O)CN2C(=O)c2cc(Cl)cc(Cl)c2)O1)N1CCc2ccccc2C1. The second-order valence-electron chi connectivity index (χ2n) is 9.79. The Hall–Kier alpha value is -2.16. The summed E-state index contributed by atoms with van der Waals surface area (Å²) in [5.74, 6) is -0.183. The van der Waals surface area contributed by atoms with Gasteiger partial charge in [0.05, 0.1) is 37.9 Å². The lowest BCUT2D eigenvalue weighted by atomic mass is 9.93. The lowest BCUT2D eigenvalue weighted by Gasteiger charge is -2.44. The van der Waals surface area contributed by atoms with E-state index in [2.05, 4.69) is 12.1 Å². The van der Waals surface area contributed by atoms with Gasteiger partial charge in [0.25, 0.3) is 5.91 Å². The van der Waals surface area contributed by atoms with E-state index in [1.807, 2.05) is 17.0 Å². The van der Waals surface area contributed by atoms with Crippen LogP contribution in [0.2, 0.25) is 10.0 Å². The van der Waals surface area contributed by atoms with Crippen molar-refractivity contribution in [2.24, 2.45) is 0 Å². The largest absolute Gasteiger partial charge is 0.389 e. The van der Waals surface area contributed by atoms with Gasteiger partial charge in [-0.1, -0.05) is 47.5 Å². The van der Waals surface area contributed by atoms with Gasteiger partial charge >= 0.3 is 0 Å². The van der Waals surface area contributed by atoms with Crippen LogP contribution >= 0.6 is 23.2 Å². The third kappa shape index (κ3) is 5.71. The van der Waals surface area contributed by atoms with Gasteiger partial charge in [-0.05, 0) is 48.6 Å². The number of amides is 2. The summed E-state index contributed by atoms with van der Waals surface area (Å²) in [5.41, 5.74) is 2.87. The van der Waals surface area contributed by atoms with Crippen LogP contribution in [0.3, 0.4) is 0 Å². The van der Waals surface area contributed by atoms with E-state index in [9.17, 15) is 14.7 Å². The summed E-state index contributed by atoms with van der Waals surface area (Å²) >= 11 is 12.3. The zero-order valence-corrected chi connectivity index (χ0v) is 21.5. The predicted molar refractivity (Wildman–Crippen MR) is 136 cm³/mol. The number of nitrogens with zero attached hydrogens (tertiary/aromatic N) is 2. The fourth-order valence-corrected chi connectivity index (χ4v) is 5.98. The number of benzene rings is 2. The minimum atomic E-state index is -0.814. The number of fused-ring (bicyclic) bond motifs is 2. The van der Waals surface area contributed by atoms with Gasteiger partial charge in [0.15, 0.2) is 0 Å². The van der Waals surface area contributed by atoms with Crippen LogP contribution in [0.15, 0.2) is 42.5 Å². The Bertz CT molecular complexity index is 1110. The number of hydrogen-bond donors (Lipinski definition) is 1. The Labute approximate surface area is 220 Å². The molecule has 36 heavy (non-hydrogen) atoms. The summed E-state index contributed by atoms with van der Waals surface area (Å²) in [5, 5.41) is 11.1. The first-order chi connectivity index (χ1) is 17.4. The highest BCUT2D eigenvalue weighted by Gasteiger charge is 2.40. The number of carbonyl (C=O) groups is 2. The van der Waals surface area contributed by atoms with E-state index in [0.717, 1.165) is 6.42 Å². The Morgan fingerprint density at radius 3 is 2.56 bits per heavy atom. The minimum absolute atomic E-state index is 0.0802. The molecule has 9 heteroatoms. The van der Waals surface area contributed by atoms with Gasteiger partial charge in [0, 0.05) is 35.2 Å². The first-order valence-electron chi connectivity index (χ1n) is 12.4. The molecule has 2 aromatic rings. The molecule has 5 rings (SSSR count). The quantitative estimate of drug-likeness (QED) is 0.651. The van der Waals surface area contributed by atoms with Crippen LogP contribution in [-0.2, 0) is 27.2 Å². The van der Waals surface area contributed by atoms with Crippen LogP contribution in [0.1, 0.15) is 40.7 Å². The van der Waals surface area contributed by atoms with Crippen LogP contribution < -0.4 is 0 Å². The average molecular weight is 533 g/mol. The van der Waals surface area contributed by atoms with Crippen molar-refractivity contribution < 1.29 is 24.2 Å². The maximum Gasteiger partial charge on any atom is 0.254 e. The Morgan fingerprint density at radius 1 is 1.03 bits per heavy atom. The van der Waals surface area contributed by atoms with E-state index < -0.39 is 12.2 Å². The summed E-state index contributed by atoms with van der Waals surface area (Å²) < 4.78 is 12.0. The lowest BCUT2D eigenvalue weighted by Crippen LogP contribution is -2.57. The number of carbonyl (C=O) groups excluding carboxylic acids is 2. The molecule has 3 aliphatic heterocycles. The third-order valence-electron chi connectivity index (χ3n) is 7.24. The highest BCUT2D eigenvalue weighted by molar-refractivity contribution is 6.35. The van der Waals surface area contributed by atoms with Crippen molar-refractivity contribution >= 4 is 35.0 Å². The molecule has 0 radical (unpaired) electrons. The number of halogens is 2. The standard InChI is InChI=1S/C27H30Cl2N2O5/c28-20-9-19(10-21(29)11-20)27(34)31-14-22(32)15-35-16-25-24(31)6-5-23(36-25)12-26(33)30-8-7-17-3-1-2-4-18(17)13-30/h1-4,9-11,22-25,32H,5-8,12-16H2/t22-,23+,24-,25+/m0/s1. The van der Waals surface area contributed by atoms with Crippen LogP contribution in [0, 0.1) is 0 Å². The Balaban J connectivity index is 1.27. The lowest BCUT2D eigenvalue weighted by molar-refractivity contribution is -0.155. The summed E-state index contributed by atoms with van der Waals surface area (Å²) in [6.45, 7) is 1.79. The molecule has 3 aliphatic rings. The van der Waals surface area contributed by atoms with Crippen LogP contribution in [0.25, 0.3) is 0 Å². The molecular formula is C27H30Cl2N2O5. The molecule has 7 nitrogen and oxygen atoms in total. The molecule has 4 atom stereocenters. The van der Waals surface area contributed by atoms with Crippen LogP contribution in [0.4, 0.5) is 0 Å². The Kier molecular flexibility index (Phi) is 7.84. The van der Waals surface area contributed by atoms with Crippen molar-refractivity contribution in [3.63, 3.8) is 0 Å². The number of β-amino-alcohol motifs (C(OH)–C–C–N with tert-alkyl or cyclic N) is 1. The van der Waals surface area contributed by atoms with Crippen molar-refractivity contribution in [2.75, 3.05) is 26.3 Å². The minimum Gasteiger partial charge on any atom is -0.389 e. The summed E-state index contributed by atoms with van der Waals surface area (Å²) in [6.07, 6.45) is 0.969. The topological polar surface area (TPSA) is 79.3 Å². The third-order valence-corrected chi connectivity index (χ3v) is 7.67. The maximum atomic E-state index is 13.5. The molecule has 0 aromatic heterocycles. The number of ether oxygens (including phenoxy) is 2. The van der Waals surface area contributed by atoms with Gasteiger partial charge in [-0.2, -0.15) is 0 Å². The highest BCUT2D eigenvalue weighted by Crippen LogP contribution is 2.30. The van der Waals surface area contributed by atoms with Crippen molar-refractivity contribution in [2.45, 2.75) is 56.6 Å². The molecule has 3 heterocycles. The van der Waals surface area contributed by atoms with Crippen molar-refractivity contribution in [3.8, 4) is 0 Å². The zero-order valence-electron chi connectivity index (χ0n) is 19.9. The number of hydrogen-bond acceptors (Lipinski definition) is 5. The molecule has 0 aliphatic carbocycles. The van der Waals surface area contributed by atoms with Gasteiger partial charge in [0.1, 0.15) is 6.10 Å². The normalized spacial score (nSPS) is 26.4. The second kappa shape index (κ2) is 11.1. The Morgan fingerprint density at radius 2 is 1.78 bits per heavy atom. The molecule has 0 spiro atoms. The summed E-state index contributed by atoms with van der Waals surface area (Å²) in [6, 6.07) is 12.7. The van der Waals surface area contributed by atoms with E-state index >= 15 is 0 Å². The number of aliphatic hydroxyl groups excluding tert-OH is 1. The van der Waals surface area contributed by atoms with E-state index in [-0.39, 0.29) is 43.7 Å². The molecule has 2 aromatic carbocycles. The van der Waals surface area contributed by atoms with Gasteiger partial charge in [-0.3, -0.25) is 9.59 Å². The summed E-state index contributed by atoms with van der Waals surface area (Å²) in [7, 11) is 0. The second-order valence-corrected chi connectivity index (χ2v) is 10.7. The van der Waals surface area contributed by atoms with Crippen molar-refractivity contribution in [3.05, 3.63) is 69.2 Å². The first kappa shape index (κ1) is 25.5. The van der Waals surface area contributed by atoms with E-state index in [1.165, 1.54) is 11.1 Å². The van der Waals surface area contributed by atoms with E-state index in [4.69, 9.17) is 32.7 Å². The van der Waals surface area contributed by atoms with Gasteiger partial charge in [-0.25, -0.2) is 0 Å². The summed E-state index contributed by atoms with van der Waals surface area (Å²) in [4.78, 5) is 30.1. The van der Waals surface area contributed by atoms with Crippen molar-refractivity contribution in [1.29, 1.82) is 0 Å². The first-order valence-corrected chi connectivity index (χ1v) is 13.2. The van der Waals surface area contributed by atoms with Gasteiger partial charge in [0.2, 0.25) is 5.91 Å². The predicted octanol–water partition coefficient (Wildman–Crippen LogP) is 3.72. The molecule has 1 N–H and O–H groups in total. The van der Waals surface area contributed by atoms with Crippen molar-refractivity contribution in [1.82, 2.24) is 9.80 Å². The fraction of sp³-hybridized carbons (Fsp3) is 0.481. The molecule has 2 saturated heterocycles. The number of aliphatic hydroxyl groups is 1. The zero-order chi connectivity index (χ0) is 25.2. The van der Waals surface area contributed by atoms with Gasteiger partial charge < -0.3 is 24.4 Å². The smallest absolute Gasteiger partial charge is 0.254 e. The molecule has 0 bridgehead atoms. The van der Waals surface area contributed by atoms with E-state index in [1.54, 1.807) is 23.1 Å². The molecule has 0 saturated carbocycles. The van der Waals surface area contributed by atoms with E-state index in [0.29, 0.717) is 48.0 Å². The maximum absolute atomic E-state index is 13.5. The van der Waals surface area contributed by atoms with Gasteiger partial charge in [-0.15, -0.1) is 0 Å². The molecule has 0 unspecified atom stereocenters. The fourth-order valence-electron chi connectivity index (χ4n) is 5.45. The monoisotopic (exact) mass is 532 g/mol.